The molecule has 2 heteroatoms. The summed E-state index contributed by atoms with van der Waals surface area (Å²) in [6.07, 6.45) is 3.93. The van der Waals surface area contributed by atoms with Crippen molar-refractivity contribution in [2.24, 2.45) is 5.92 Å². The molecule has 0 saturated carbocycles. The highest BCUT2D eigenvalue weighted by atomic mass is 15.1. The first-order valence-corrected chi connectivity index (χ1v) is 5.94. The Balaban J connectivity index is 3.65. The average molecular weight is 200 g/mol. The maximum atomic E-state index is 3.57. The quantitative estimate of drug-likeness (QED) is 0.647. The molecule has 0 fully saturated rings. The topological polar surface area (TPSA) is 15.3 Å². The summed E-state index contributed by atoms with van der Waals surface area (Å²) in [5.41, 5.74) is 0. The second-order valence-corrected chi connectivity index (χ2v) is 4.82. The Morgan fingerprint density at radius 2 is 1.71 bits per heavy atom. The third-order valence-electron chi connectivity index (χ3n) is 2.51. The van der Waals surface area contributed by atoms with Crippen LogP contribution in [0.25, 0.3) is 0 Å². The highest BCUT2D eigenvalue weighted by Crippen LogP contribution is 2.09. The van der Waals surface area contributed by atoms with Gasteiger partial charge in [-0.1, -0.05) is 20.8 Å². The van der Waals surface area contributed by atoms with E-state index in [0.29, 0.717) is 6.04 Å². The van der Waals surface area contributed by atoms with E-state index < -0.39 is 0 Å². The molecular formula is C12H28N2. The van der Waals surface area contributed by atoms with Gasteiger partial charge in [-0.15, -0.1) is 0 Å². The molecule has 0 aliphatic heterocycles. The van der Waals surface area contributed by atoms with Crippen LogP contribution in [0.2, 0.25) is 0 Å². The number of hydrogen-bond donors (Lipinski definition) is 1. The van der Waals surface area contributed by atoms with Crippen LogP contribution in [0.1, 0.15) is 40.0 Å². The van der Waals surface area contributed by atoms with E-state index in [2.05, 4.69) is 45.1 Å². The molecule has 0 aromatic heterocycles. The van der Waals surface area contributed by atoms with Crippen molar-refractivity contribution in [2.75, 3.05) is 27.2 Å². The lowest BCUT2D eigenvalue weighted by atomic mass is 10.0. The molecule has 0 aromatic carbocycles. The molecule has 0 saturated heterocycles. The lowest BCUT2D eigenvalue weighted by Crippen LogP contribution is -2.32. The highest BCUT2D eigenvalue weighted by molar-refractivity contribution is 4.68. The molecule has 1 atom stereocenters. The Hall–Kier alpha value is -0.0800. The van der Waals surface area contributed by atoms with Gasteiger partial charge in [-0.2, -0.15) is 0 Å². The Labute approximate surface area is 90.1 Å². The monoisotopic (exact) mass is 200 g/mol. The van der Waals surface area contributed by atoms with E-state index in [4.69, 9.17) is 0 Å². The van der Waals surface area contributed by atoms with Gasteiger partial charge in [0.1, 0.15) is 0 Å². The first-order chi connectivity index (χ1) is 6.56. The second kappa shape index (κ2) is 8.25. The van der Waals surface area contributed by atoms with E-state index in [1.807, 2.05) is 0 Å². The first-order valence-electron chi connectivity index (χ1n) is 5.94. The number of hydrogen-bond acceptors (Lipinski definition) is 2. The fourth-order valence-corrected chi connectivity index (χ4v) is 1.59. The molecule has 0 heterocycles. The summed E-state index contributed by atoms with van der Waals surface area (Å²) in [5.74, 6) is 0.829. The first kappa shape index (κ1) is 13.9. The second-order valence-electron chi connectivity index (χ2n) is 4.82. The van der Waals surface area contributed by atoms with Crippen molar-refractivity contribution < 1.29 is 0 Å². The van der Waals surface area contributed by atoms with Crippen LogP contribution >= 0.6 is 0 Å². The molecule has 2 nitrogen and oxygen atoms in total. The summed E-state index contributed by atoms with van der Waals surface area (Å²) in [4.78, 5) is 2.26. The maximum Gasteiger partial charge on any atom is 0.00792 e. The van der Waals surface area contributed by atoms with Crippen molar-refractivity contribution >= 4 is 0 Å². The lowest BCUT2D eigenvalue weighted by Gasteiger charge is -2.20. The molecule has 0 aromatic rings. The fraction of sp³-hybridized carbons (Fsp3) is 1.00. The van der Waals surface area contributed by atoms with Crippen molar-refractivity contribution in [1.29, 1.82) is 0 Å². The molecule has 0 spiro atoms. The minimum atomic E-state index is 0.713. The predicted molar refractivity (Wildman–Crippen MR) is 64.7 cm³/mol. The Morgan fingerprint density at radius 3 is 2.14 bits per heavy atom. The highest BCUT2D eigenvalue weighted by Gasteiger charge is 2.08. The SMILES string of the molecule is CCNC(CCC(C)C)CCN(C)C. The van der Waals surface area contributed by atoms with Crippen LogP contribution in [0.5, 0.6) is 0 Å². The van der Waals surface area contributed by atoms with E-state index in [-0.39, 0.29) is 0 Å². The summed E-state index contributed by atoms with van der Waals surface area (Å²) in [6, 6.07) is 0.713. The molecule has 0 rings (SSSR count). The summed E-state index contributed by atoms with van der Waals surface area (Å²) in [7, 11) is 4.29. The molecule has 0 aliphatic carbocycles. The molecule has 0 radical (unpaired) electrons. The normalized spacial score (nSPS) is 13.9. The maximum absolute atomic E-state index is 3.57. The van der Waals surface area contributed by atoms with Gasteiger partial charge in [-0.25, -0.2) is 0 Å². The van der Waals surface area contributed by atoms with Crippen molar-refractivity contribution in [3.63, 3.8) is 0 Å². The van der Waals surface area contributed by atoms with Crippen molar-refractivity contribution in [2.45, 2.75) is 46.1 Å². The van der Waals surface area contributed by atoms with Crippen molar-refractivity contribution in [1.82, 2.24) is 10.2 Å². The molecule has 0 amide bonds. The summed E-state index contributed by atoms with van der Waals surface area (Å²) in [5, 5.41) is 3.57. The van der Waals surface area contributed by atoms with Gasteiger partial charge < -0.3 is 10.2 Å². The summed E-state index contributed by atoms with van der Waals surface area (Å²) in [6.45, 7) is 9.08. The van der Waals surface area contributed by atoms with Crippen molar-refractivity contribution in [3.05, 3.63) is 0 Å². The average Bonchev–Trinajstić information content (AvgIpc) is 2.09. The summed E-state index contributed by atoms with van der Waals surface area (Å²) >= 11 is 0. The fourth-order valence-electron chi connectivity index (χ4n) is 1.59. The zero-order chi connectivity index (χ0) is 11.0. The molecular weight excluding hydrogens is 172 g/mol. The van der Waals surface area contributed by atoms with Gasteiger partial charge in [-0.05, 0) is 52.4 Å². The van der Waals surface area contributed by atoms with Crippen LogP contribution in [-0.4, -0.2) is 38.1 Å². The van der Waals surface area contributed by atoms with Crippen LogP contribution in [0.4, 0.5) is 0 Å². The van der Waals surface area contributed by atoms with Crippen LogP contribution < -0.4 is 5.32 Å². The molecule has 0 aliphatic rings. The minimum Gasteiger partial charge on any atom is -0.314 e. The van der Waals surface area contributed by atoms with Crippen molar-refractivity contribution in [3.8, 4) is 0 Å². The largest absolute Gasteiger partial charge is 0.314 e. The Bertz CT molecular complexity index is 109. The van der Waals surface area contributed by atoms with E-state index in [1.165, 1.54) is 25.8 Å². The standard InChI is InChI=1S/C12H28N2/c1-6-13-12(8-7-11(2)3)9-10-14(4)5/h11-13H,6-10H2,1-5H3. The lowest BCUT2D eigenvalue weighted by molar-refractivity contribution is 0.340. The number of nitrogens with zero attached hydrogens (tertiary/aromatic N) is 1. The summed E-state index contributed by atoms with van der Waals surface area (Å²) < 4.78 is 0. The van der Waals surface area contributed by atoms with E-state index in [9.17, 15) is 0 Å². The molecule has 14 heavy (non-hydrogen) atoms. The van der Waals surface area contributed by atoms with E-state index in [0.717, 1.165) is 12.5 Å². The molecule has 0 bridgehead atoms. The molecule has 1 N–H and O–H groups in total. The van der Waals surface area contributed by atoms with Gasteiger partial charge in [0, 0.05) is 6.04 Å². The molecule has 86 valence electrons. The Morgan fingerprint density at radius 1 is 1.07 bits per heavy atom. The zero-order valence-electron chi connectivity index (χ0n) is 10.6. The van der Waals surface area contributed by atoms with Gasteiger partial charge in [-0.3, -0.25) is 0 Å². The minimum absolute atomic E-state index is 0.713. The van der Waals surface area contributed by atoms with E-state index >= 15 is 0 Å². The van der Waals surface area contributed by atoms with Crippen LogP contribution in [0, 0.1) is 5.92 Å². The predicted octanol–water partition coefficient (Wildman–Crippen LogP) is 2.35. The molecule has 1 unspecified atom stereocenters. The van der Waals surface area contributed by atoms with Gasteiger partial charge in [0.15, 0.2) is 0 Å². The van der Waals surface area contributed by atoms with Gasteiger partial charge in [0.2, 0.25) is 0 Å². The smallest absolute Gasteiger partial charge is 0.00792 e. The van der Waals surface area contributed by atoms with Gasteiger partial charge >= 0.3 is 0 Å². The van der Waals surface area contributed by atoms with Gasteiger partial charge in [0.25, 0.3) is 0 Å². The third kappa shape index (κ3) is 8.52. The van der Waals surface area contributed by atoms with Crippen LogP contribution in [0.15, 0.2) is 0 Å². The zero-order valence-corrected chi connectivity index (χ0v) is 10.6. The van der Waals surface area contributed by atoms with E-state index in [1.54, 1.807) is 0 Å². The van der Waals surface area contributed by atoms with Gasteiger partial charge in [0.05, 0.1) is 0 Å². The number of rotatable bonds is 8. The number of nitrogens with one attached hydrogen (secondary N) is 1. The van der Waals surface area contributed by atoms with Crippen LogP contribution in [0.3, 0.4) is 0 Å². The third-order valence-corrected chi connectivity index (χ3v) is 2.51. The van der Waals surface area contributed by atoms with Crippen LogP contribution in [-0.2, 0) is 0 Å². The Kier molecular flexibility index (Phi) is 8.20.